The van der Waals surface area contributed by atoms with E-state index >= 15 is 0 Å². The number of nitrogens with zero attached hydrogens (tertiary/aromatic N) is 3. The highest BCUT2D eigenvalue weighted by Crippen LogP contribution is 2.35. The van der Waals surface area contributed by atoms with Gasteiger partial charge in [0, 0.05) is 28.6 Å². The van der Waals surface area contributed by atoms with Crippen LogP contribution in [0, 0.1) is 0 Å². The first-order chi connectivity index (χ1) is 22.6. The molecule has 218 valence electrons. The van der Waals surface area contributed by atoms with Crippen molar-refractivity contribution in [1.82, 2.24) is 9.38 Å². The maximum atomic E-state index is 5.06. The van der Waals surface area contributed by atoms with Gasteiger partial charge in [-0.3, -0.25) is 9.39 Å². The standard InChI is InChI=1S/C43H31N3/c1-29(44-30(2)40-28-36-14-6-7-15-37(36)38-16-8-9-17-39(38)40)31-19-25-35(26-20-31)43-42(45-41-18-10-11-27-46(41)43)34-23-21-33(22-24-34)32-12-4-3-5-13-32/h3-28H,1H2,2H3. The molecule has 0 saturated heterocycles. The van der Waals surface area contributed by atoms with Crippen LogP contribution < -0.4 is 0 Å². The first-order valence-electron chi connectivity index (χ1n) is 15.5. The van der Waals surface area contributed by atoms with Crippen molar-refractivity contribution in [2.24, 2.45) is 4.99 Å². The van der Waals surface area contributed by atoms with E-state index in [0.29, 0.717) is 0 Å². The predicted octanol–water partition coefficient (Wildman–Crippen LogP) is 11.1. The van der Waals surface area contributed by atoms with Crippen LogP contribution in [0.1, 0.15) is 18.1 Å². The molecule has 6 aromatic carbocycles. The van der Waals surface area contributed by atoms with Gasteiger partial charge in [0.2, 0.25) is 0 Å². The van der Waals surface area contributed by atoms with Crippen molar-refractivity contribution in [3.05, 3.63) is 176 Å². The normalized spacial score (nSPS) is 11.8. The molecule has 46 heavy (non-hydrogen) atoms. The zero-order chi connectivity index (χ0) is 31.0. The van der Waals surface area contributed by atoms with Crippen molar-refractivity contribution in [3.8, 4) is 33.6 Å². The molecule has 3 nitrogen and oxygen atoms in total. The third kappa shape index (κ3) is 4.89. The molecular weight excluding hydrogens is 558 g/mol. The topological polar surface area (TPSA) is 29.7 Å². The molecule has 0 amide bonds. The van der Waals surface area contributed by atoms with Crippen LogP contribution in [0.25, 0.3) is 66.5 Å². The summed E-state index contributed by atoms with van der Waals surface area (Å²) in [5.41, 5.74) is 11.3. The second kappa shape index (κ2) is 11.5. The molecular formula is C43H31N3. The lowest BCUT2D eigenvalue weighted by Gasteiger charge is -2.12. The van der Waals surface area contributed by atoms with Gasteiger partial charge in [0.25, 0.3) is 0 Å². The van der Waals surface area contributed by atoms with E-state index in [-0.39, 0.29) is 0 Å². The lowest BCUT2D eigenvalue weighted by Crippen LogP contribution is -1.98. The molecule has 8 rings (SSSR count). The summed E-state index contributed by atoms with van der Waals surface area (Å²) in [7, 11) is 0. The van der Waals surface area contributed by atoms with Crippen LogP contribution in [0.2, 0.25) is 0 Å². The van der Waals surface area contributed by atoms with Crippen molar-refractivity contribution in [2.75, 3.05) is 0 Å². The van der Waals surface area contributed by atoms with E-state index < -0.39 is 0 Å². The average molecular weight is 590 g/mol. The first kappa shape index (κ1) is 27.5. The summed E-state index contributed by atoms with van der Waals surface area (Å²) in [6.45, 7) is 6.44. The van der Waals surface area contributed by atoms with Crippen molar-refractivity contribution in [1.29, 1.82) is 0 Å². The molecule has 0 unspecified atom stereocenters. The number of benzene rings is 6. The lowest BCUT2D eigenvalue weighted by atomic mass is 9.95. The molecule has 0 aliphatic rings. The molecule has 0 atom stereocenters. The number of imidazole rings is 1. The molecule has 0 aliphatic heterocycles. The quantitative estimate of drug-likeness (QED) is 0.140. The maximum absolute atomic E-state index is 5.06. The van der Waals surface area contributed by atoms with Crippen LogP contribution in [0.4, 0.5) is 0 Å². The highest BCUT2D eigenvalue weighted by molar-refractivity contribution is 6.19. The van der Waals surface area contributed by atoms with Crippen molar-refractivity contribution < 1.29 is 0 Å². The Morgan fingerprint density at radius 3 is 1.98 bits per heavy atom. The highest BCUT2D eigenvalue weighted by atomic mass is 15.0. The first-order valence-corrected chi connectivity index (χ1v) is 15.5. The summed E-state index contributed by atoms with van der Waals surface area (Å²) >= 11 is 0. The van der Waals surface area contributed by atoms with Gasteiger partial charge >= 0.3 is 0 Å². The number of hydrogen-bond acceptors (Lipinski definition) is 2. The van der Waals surface area contributed by atoms with Crippen LogP contribution in [0.5, 0.6) is 0 Å². The summed E-state index contributed by atoms with van der Waals surface area (Å²) in [5.74, 6) is 0. The van der Waals surface area contributed by atoms with Gasteiger partial charge in [-0.05, 0) is 63.4 Å². The van der Waals surface area contributed by atoms with Gasteiger partial charge < -0.3 is 0 Å². The van der Waals surface area contributed by atoms with Gasteiger partial charge in [-0.2, -0.15) is 0 Å². The summed E-state index contributed by atoms with van der Waals surface area (Å²) in [4.78, 5) is 10.1. The van der Waals surface area contributed by atoms with Crippen LogP contribution in [0.3, 0.4) is 0 Å². The summed E-state index contributed by atoms with van der Waals surface area (Å²) in [6, 6.07) is 53.1. The molecule has 3 heteroatoms. The van der Waals surface area contributed by atoms with Crippen LogP contribution in [-0.4, -0.2) is 15.1 Å². The van der Waals surface area contributed by atoms with Gasteiger partial charge in [-0.15, -0.1) is 0 Å². The molecule has 0 aliphatic carbocycles. The van der Waals surface area contributed by atoms with Gasteiger partial charge in [-0.1, -0.05) is 140 Å². The number of pyridine rings is 1. The van der Waals surface area contributed by atoms with E-state index in [4.69, 9.17) is 9.98 Å². The number of aliphatic imine (C=N–C) groups is 1. The smallest absolute Gasteiger partial charge is 0.137 e. The Morgan fingerprint density at radius 2 is 1.20 bits per heavy atom. The zero-order valence-corrected chi connectivity index (χ0v) is 25.6. The number of aromatic nitrogens is 2. The van der Waals surface area contributed by atoms with Crippen molar-refractivity contribution in [2.45, 2.75) is 6.92 Å². The third-order valence-electron chi connectivity index (χ3n) is 8.75. The van der Waals surface area contributed by atoms with Crippen LogP contribution in [-0.2, 0) is 0 Å². The minimum Gasteiger partial charge on any atom is -0.299 e. The lowest BCUT2D eigenvalue weighted by molar-refractivity contribution is 1.19. The summed E-state index contributed by atoms with van der Waals surface area (Å²) in [5, 5.41) is 4.89. The number of rotatable bonds is 6. The Hall–Kier alpha value is -6.06. The fourth-order valence-corrected chi connectivity index (χ4v) is 6.43. The summed E-state index contributed by atoms with van der Waals surface area (Å²) < 4.78 is 2.16. The fraction of sp³-hybridized carbons (Fsp3) is 0.0233. The monoisotopic (exact) mass is 589 g/mol. The number of hydrogen-bond donors (Lipinski definition) is 0. The van der Waals surface area contributed by atoms with Gasteiger partial charge in [-0.25, -0.2) is 4.98 Å². The SMILES string of the molecule is C=C(N=C(C)c1cc2ccccc2c2ccccc12)c1ccc(-c2c(-c3ccc(-c4ccccc4)cc3)nc3ccccn23)cc1. The Bertz CT molecular complexity index is 2410. The second-order valence-corrected chi connectivity index (χ2v) is 11.6. The molecule has 0 radical (unpaired) electrons. The average Bonchev–Trinajstić information content (AvgIpc) is 3.51. The van der Waals surface area contributed by atoms with Gasteiger partial charge in [0.15, 0.2) is 0 Å². The molecule has 0 N–H and O–H groups in total. The largest absolute Gasteiger partial charge is 0.299 e. The molecule has 8 aromatic rings. The molecule has 2 heterocycles. The second-order valence-electron chi connectivity index (χ2n) is 11.6. The third-order valence-corrected chi connectivity index (χ3v) is 8.75. The fourth-order valence-electron chi connectivity index (χ4n) is 6.43. The Labute approximate surface area is 268 Å². The Kier molecular flexibility index (Phi) is 6.85. The maximum Gasteiger partial charge on any atom is 0.137 e. The van der Waals surface area contributed by atoms with E-state index in [9.17, 15) is 0 Å². The van der Waals surface area contributed by atoms with E-state index in [2.05, 4.69) is 158 Å². The van der Waals surface area contributed by atoms with Gasteiger partial charge in [0.1, 0.15) is 5.65 Å². The van der Waals surface area contributed by atoms with Crippen molar-refractivity contribution in [3.63, 3.8) is 0 Å². The summed E-state index contributed by atoms with van der Waals surface area (Å²) in [6.07, 6.45) is 2.08. The van der Waals surface area contributed by atoms with E-state index in [0.717, 1.165) is 50.7 Å². The van der Waals surface area contributed by atoms with E-state index in [1.165, 1.54) is 32.7 Å². The van der Waals surface area contributed by atoms with Crippen LogP contribution >= 0.6 is 0 Å². The van der Waals surface area contributed by atoms with Crippen LogP contribution in [0.15, 0.2) is 169 Å². The molecule has 0 saturated carbocycles. The molecule has 0 spiro atoms. The zero-order valence-electron chi connectivity index (χ0n) is 25.6. The molecule has 2 aromatic heterocycles. The van der Waals surface area contributed by atoms with Crippen molar-refractivity contribution >= 4 is 38.6 Å². The molecule has 0 bridgehead atoms. The minimum atomic E-state index is 0.733. The Balaban J connectivity index is 1.14. The highest BCUT2D eigenvalue weighted by Gasteiger charge is 2.16. The Morgan fingerprint density at radius 1 is 0.587 bits per heavy atom. The predicted molar refractivity (Wildman–Crippen MR) is 194 cm³/mol. The van der Waals surface area contributed by atoms with E-state index in [1.54, 1.807) is 0 Å². The van der Waals surface area contributed by atoms with E-state index in [1.807, 2.05) is 18.2 Å². The van der Waals surface area contributed by atoms with Gasteiger partial charge in [0.05, 0.1) is 17.1 Å². The minimum absolute atomic E-state index is 0.733. The number of fused-ring (bicyclic) bond motifs is 4. The molecule has 0 fully saturated rings.